The van der Waals surface area contributed by atoms with E-state index in [4.69, 9.17) is 0 Å². The van der Waals surface area contributed by atoms with Crippen LogP contribution in [0.5, 0.6) is 0 Å². The van der Waals surface area contributed by atoms with E-state index in [1.54, 1.807) is 7.05 Å². The van der Waals surface area contributed by atoms with Gasteiger partial charge in [0.15, 0.2) is 0 Å². The van der Waals surface area contributed by atoms with E-state index < -0.39 is 0 Å². The number of carbonyl (C=O) groups excluding carboxylic acids is 1. The minimum Gasteiger partial charge on any atom is -0.358 e. The smallest absolute Gasteiger partial charge is 0.239 e. The zero-order valence-corrected chi connectivity index (χ0v) is 12.2. The molecule has 6 heteroatoms. The van der Waals surface area contributed by atoms with Crippen LogP contribution in [0.1, 0.15) is 26.0 Å². The Morgan fingerprint density at radius 3 is 2.68 bits per heavy atom. The number of carbonyl (C=O) groups is 1. The van der Waals surface area contributed by atoms with Gasteiger partial charge in [0.25, 0.3) is 0 Å². The first-order valence-electron chi connectivity index (χ1n) is 6.65. The fraction of sp³-hybridized carbons (Fsp3) is 0.615. The van der Waals surface area contributed by atoms with Gasteiger partial charge in [-0.05, 0) is 20.3 Å². The van der Waals surface area contributed by atoms with Gasteiger partial charge in [0.2, 0.25) is 11.9 Å². The Morgan fingerprint density at radius 2 is 2.11 bits per heavy atom. The van der Waals surface area contributed by atoms with Crippen LogP contribution in [-0.4, -0.2) is 42.6 Å². The van der Waals surface area contributed by atoms with Gasteiger partial charge in [-0.1, -0.05) is 6.92 Å². The molecule has 106 valence electrons. The molecule has 0 radical (unpaired) electrons. The Bertz CT molecular complexity index is 421. The molecule has 0 aliphatic heterocycles. The van der Waals surface area contributed by atoms with Gasteiger partial charge < -0.3 is 15.5 Å². The van der Waals surface area contributed by atoms with E-state index in [2.05, 4.69) is 27.5 Å². The number of likely N-dealkylation sites (N-methyl/N-ethyl adjacent to an activating group) is 2. The molecule has 1 aromatic heterocycles. The lowest BCUT2D eigenvalue weighted by atomic mass is 10.3. The third-order valence-electron chi connectivity index (χ3n) is 2.69. The number of amides is 1. The highest BCUT2D eigenvalue weighted by atomic mass is 16.1. The van der Waals surface area contributed by atoms with Crippen molar-refractivity contribution in [3.8, 4) is 0 Å². The minimum atomic E-state index is -0.0267. The quantitative estimate of drug-likeness (QED) is 0.774. The minimum absolute atomic E-state index is 0.0267. The summed E-state index contributed by atoms with van der Waals surface area (Å²) in [4.78, 5) is 22.2. The Labute approximate surface area is 114 Å². The van der Waals surface area contributed by atoms with Crippen LogP contribution in [0.25, 0.3) is 0 Å². The number of aromatic nitrogens is 2. The van der Waals surface area contributed by atoms with Crippen molar-refractivity contribution >= 4 is 17.7 Å². The first-order valence-corrected chi connectivity index (χ1v) is 6.65. The molecular formula is C13H23N5O. The Hall–Kier alpha value is -1.85. The summed E-state index contributed by atoms with van der Waals surface area (Å²) in [6.07, 6.45) is 1.02. The standard InChI is InChI=1S/C13H23N5O/c1-5-7-15-13-16-10(3)8-11(17-13)18(6-2)9-12(19)14-4/h8H,5-7,9H2,1-4H3,(H,14,19)(H,15,16,17). The van der Waals surface area contributed by atoms with Gasteiger partial charge in [-0.25, -0.2) is 4.98 Å². The molecule has 1 amide bonds. The summed E-state index contributed by atoms with van der Waals surface area (Å²) in [7, 11) is 1.63. The van der Waals surface area contributed by atoms with Crippen molar-refractivity contribution in [1.82, 2.24) is 15.3 Å². The van der Waals surface area contributed by atoms with E-state index in [0.717, 1.165) is 31.0 Å². The predicted octanol–water partition coefficient (Wildman–Crippen LogP) is 1.18. The van der Waals surface area contributed by atoms with Crippen LogP contribution in [0.4, 0.5) is 11.8 Å². The lowest BCUT2D eigenvalue weighted by Gasteiger charge is -2.21. The van der Waals surface area contributed by atoms with Crippen LogP contribution in [0.3, 0.4) is 0 Å². The zero-order chi connectivity index (χ0) is 14.3. The number of anilines is 2. The molecule has 0 saturated heterocycles. The second kappa shape index (κ2) is 7.56. The maximum atomic E-state index is 11.5. The maximum absolute atomic E-state index is 11.5. The van der Waals surface area contributed by atoms with Crippen LogP contribution in [0, 0.1) is 6.92 Å². The number of hydrogen-bond donors (Lipinski definition) is 2. The maximum Gasteiger partial charge on any atom is 0.239 e. The van der Waals surface area contributed by atoms with Crippen molar-refractivity contribution in [3.05, 3.63) is 11.8 Å². The molecule has 0 bridgehead atoms. The van der Waals surface area contributed by atoms with Crippen LogP contribution >= 0.6 is 0 Å². The molecule has 1 heterocycles. The Kier molecular flexibility index (Phi) is 6.05. The van der Waals surface area contributed by atoms with Gasteiger partial charge in [-0.2, -0.15) is 4.98 Å². The molecule has 0 fully saturated rings. The van der Waals surface area contributed by atoms with Crippen molar-refractivity contribution in [2.24, 2.45) is 0 Å². The SMILES string of the molecule is CCCNc1nc(C)cc(N(CC)CC(=O)NC)n1. The fourth-order valence-electron chi connectivity index (χ4n) is 1.64. The molecule has 0 spiro atoms. The first kappa shape index (κ1) is 15.2. The van der Waals surface area contributed by atoms with E-state index in [1.165, 1.54) is 0 Å². The van der Waals surface area contributed by atoms with Crippen molar-refractivity contribution < 1.29 is 4.79 Å². The Balaban J connectivity index is 2.89. The predicted molar refractivity (Wildman–Crippen MR) is 77.5 cm³/mol. The molecule has 19 heavy (non-hydrogen) atoms. The van der Waals surface area contributed by atoms with Gasteiger partial charge in [0, 0.05) is 31.9 Å². The number of rotatable bonds is 7. The first-order chi connectivity index (χ1) is 9.10. The molecule has 0 aliphatic rings. The Morgan fingerprint density at radius 1 is 1.37 bits per heavy atom. The third-order valence-corrected chi connectivity index (χ3v) is 2.69. The highest BCUT2D eigenvalue weighted by Gasteiger charge is 2.12. The largest absolute Gasteiger partial charge is 0.358 e. The topological polar surface area (TPSA) is 70.2 Å². The molecule has 1 aromatic rings. The lowest BCUT2D eigenvalue weighted by Crippen LogP contribution is -2.36. The number of hydrogen-bond acceptors (Lipinski definition) is 5. The normalized spacial score (nSPS) is 10.1. The second-order valence-electron chi connectivity index (χ2n) is 4.31. The van der Waals surface area contributed by atoms with E-state index in [9.17, 15) is 4.79 Å². The average molecular weight is 265 g/mol. The number of nitrogens with zero attached hydrogens (tertiary/aromatic N) is 3. The molecule has 0 unspecified atom stereocenters. The lowest BCUT2D eigenvalue weighted by molar-refractivity contribution is -0.119. The van der Waals surface area contributed by atoms with Crippen molar-refractivity contribution in [1.29, 1.82) is 0 Å². The molecule has 1 rings (SSSR count). The van der Waals surface area contributed by atoms with Gasteiger partial charge in [-0.15, -0.1) is 0 Å². The molecule has 0 aromatic carbocycles. The molecule has 0 saturated carbocycles. The zero-order valence-electron chi connectivity index (χ0n) is 12.2. The van der Waals surface area contributed by atoms with Crippen molar-refractivity contribution in [2.75, 3.05) is 36.9 Å². The summed E-state index contributed by atoms with van der Waals surface area (Å²) in [5.74, 6) is 1.37. The second-order valence-corrected chi connectivity index (χ2v) is 4.31. The van der Waals surface area contributed by atoms with Crippen molar-refractivity contribution in [2.45, 2.75) is 27.2 Å². The van der Waals surface area contributed by atoms with E-state index in [0.29, 0.717) is 12.5 Å². The summed E-state index contributed by atoms with van der Waals surface area (Å²) >= 11 is 0. The van der Waals surface area contributed by atoms with Gasteiger partial charge >= 0.3 is 0 Å². The van der Waals surface area contributed by atoms with Crippen LogP contribution in [0.2, 0.25) is 0 Å². The fourth-order valence-corrected chi connectivity index (χ4v) is 1.64. The van der Waals surface area contributed by atoms with Crippen molar-refractivity contribution in [3.63, 3.8) is 0 Å². The van der Waals surface area contributed by atoms with E-state index >= 15 is 0 Å². The molecule has 2 N–H and O–H groups in total. The third kappa shape index (κ3) is 4.73. The van der Waals surface area contributed by atoms with E-state index in [-0.39, 0.29) is 5.91 Å². The van der Waals surface area contributed by atoms with Gasteiger partial charge in [0.1, 0.15) is 5.82 Å². The average Bonchev–Trinajstić information content (AvgIpc) is 2.41. The summed E-state index contributed by atoms with van der Waals surface area (Å²) in [5, 5.41) is 5.80. The summed E-state index contributed by atoms with van der Waals surface area (Å²) in [5.41, 5.74) is 0.888. The number of nitrogens with one attached hydrogen (secondary N) is 2. The summed E-state index contributed by atoms with van der Waals surface area (Å²) in [6.45, 7) is 7.88. The highest BCUT2D eigenvalue weighted by molar-refractivity contribution is 5.80. The molecule has 6 nitrogen and oxygen atoms in total. The van der Waals surface area contributed by atoms with Gasteiger partial charge in [0.05, 0.1) is 6.54 Å². The molecule has 0 atom stereocenters. The van der Waals surface area contributed by atoms with Gasteiger partial charge in [-0.3, -0.25) is 4.79 Å². The molecule has 0 aliphatic carbocycles. The molecular weight excluding hydrogens is 242 g/mol. The highest BCUT2D eigenvalue weighted by Crippen LogP contribution is 2.14. The number of aryl methyl sites for hydroxylation is 1. The summed E-state index contributed by atoms with van der Waals surface area (Å²) < 4.78 is 0. The van der Waals surface area contributed by atoms with E-state index in [1.807, 2.05) is 24.8 Å². The van der Waals surface area contributed by atoms with Crippen LogP contribution in [-0.2, 0) is 4.79 Å². The van der Waals surface area contributed by atoms with Crippen LogP contribution in [0.15, 0.2) is 6.07 Å². The summed E-state index contributed by atoms with van der Waals surface area (Å²) in [6, 6.07) is 1.89. The van der Waals surface area contributed by atoms with Crippen LogP contribution < -0.4 is 15.5 Å². The monoisotopic (exact) mass is 265 g/mol.